The highest BCUT2D eigenvalue weighted by Gasteiger charge is 2.22. The van der Waals surface area contributed by atoms with E-state index in [0.29, 0.717) is 16.8 Å². The van der Waals surface area contributed by atoms with Crippen LogP contribution in [0.3, 0.4) is 0 Å². The van der Waals surface area contributed by atoms with Crippen molar-refractivity contribution in [1.29, 1.82) is 0 Å². The van der Waals surface area contributed by atoms with Crippen molar-refractivity contribution >= 4 is 17.1 Å². The van der Waals surface area contributed by atoms with Crippen molar-refractivity contribution in [3.8, 4) is 22.8 Å². The molecule has 0 bridgehead atoms. The van der Waals surface area contributed by atoms with Crippen LogP contribution >= 0.6 is 0 Å². The van der Waals surface area contributed by atoms with Crippen LogP contribution < -0.4 is 10.5 Å². The molecule has 0 fully saturated rings. The Labute approximate surface area is 229 Å². The van der Waals surface area contributed by atoms with Crippen molar-refractivity contribution in [2.75, 3.05) is 12.3 Å². The second-order valence-corrected chi connectivity index (χ2v) is 10.2. The summed E-state index contributed by atoms with van der Waals surface area (Å²) < 4.78 is 12.2. The first-order valence-electron chi connectivity index (χ1n) is 13.8. The molecule has 0 saturated heterocycles. The fourth-order valence-corrected chi connectivity index (χ4v) is 5.68. The summed E-state index contributed by atoms with van der Waals surface area (Å²) in [4.78, 5) is 11.9. The Bertz CT molecular complexity index is 1630. The van der Waals surface area contributed by atoms with Crippen LogP contribution in [0.15, 0.2) is 71.1 Å². The van der Waals surface area contributed by atoms with Crippen molar-refractivity contribution in [3.05, 3.63) is 100 Å². The van der Waals surface area contributed by atoms with Crippen LogP contribution in [-0.2, 0) is 32.4 Å². The van der Waals surface area contributed by atoms with Gasteiger partial charge in [-0.15, -0.1) is 0 Å². The predicted molar refractivity (Wildman–Crippen MR) is 156 cm³/mol. The summed E-state index contributed by atoms with van der Waals surface area (Å²) in [5.41, 5.74) is 16.8. The molecular weight excluding hydrogens is 484 g/mol. The normalized spacial score (nSPS) is 13.5. The zero-order valence-corrected chi connectivity index (χ0v) is 22.8. The average Bonchev–Trinajstić information content (AvgIpc) is 3.33. The minimum Gasteiger partial charge on any atom is -0.457 e. The number of rotatable bonds is 7. The lowest BCUT2D eigenvalue weighted by molar-refractivity contribution is 0.242. The van der Waals surface area contributed by atoms with E-state index in [4.69, 9.17) is 19.9 Å². The van der Waals surface area contributed by atoms with Gasteiger partial charge >= 0.3 is 0 Å². The predicted octanol–water partition coefficient (Wildman–Crippen LogP) is 7.26. The Kier molecular flexibility index (Phi) is 6.79. The number of oxazole rings is 1. The van der Waals surface area contributed by atoms with E-state index in [9.17, 15) is 0 Å². The van der Waals surface area contributed by atoms with Gasteiger partial charge in [-0.2, -0.15) is 4.98 Å². The summed E-state index contributed by atoms with van der Waals surface area (Å²) >= 11 is 0. The van der Waals surface area contributed by atoms with Crippen LogP contribution in [0.5, 0.6) is 11.5 Å². The summed E-state index contributed by atoms with van der Waals surface area (Å²) in [6.45, 7) is 9.17. The fraction of sp³-hybridized carbons (Fsp3) is 0.273. The van der Waals surface area contributed by atoms with Crippen molar-refractivity contribution in [2.45, 2.75) is 53.1 Å². The molecule has 3 aromatic carbocycles. The van der Waals surface area contributed by atoms with Crippen LogP contribution in [0.1, 0.15) is 47.4 Å². The molecule has 1 aliphatic heterocycles. The zero-order valence-electron chi connectivity index (χ0n) is 22.8. The first-order valence-corrected chi connectivity index (χ1v) is 13.8. The van der Waals surface area contributed by atoms with Crippen molar-refractivity contribution < 1.29 is 9.15 Å². The molecule has 0 aliphatic carbocycles. The van der Waals surface area contributed by atoms with Crippen LogP contribution in [0, 0.1) is 6.92 Å². The molecule has 0 saturated carbocycles. The Morgan fingerprint density at radius 2 is 1.69 bits per heavy atom. The molecular formula is C33H34N4O2. The Hall–Kier alpha value is -4.16. The lowest BCUT2D eigenvalue weighted by Crippen LogP contribution is -2.30. The van der Waals surface area contributed by atoms with E-state index in [-0.39, 0.29) is 6.01 Å². The molecule has 2 N–H and O–H groups in total. The number of nitrogen functional groups attached to an aromatic ring is 1. The second kappa shape index (κ2) is 10.5. The van der Waals surface area contributed by atoms with Gasteiger partial charge in [0.1, 0.15) is 17.0 Å². The number of hydrogen-bond acceptors (Lipinski definition) is 6. The van der Waals surface area contributed by atoms with Gasteiger partial charge in [0.15, 0.2) is 5.58 Å². The van der Waals surface area contributed by atoms with Gasteiger partial charge in [-0.3, -0.25) is 9.88 Å². The summed E-state index contributed by atoms with van der Waals surface area (Å²) in [6, 6.07) is 23.2. The molecule has 0 unspecified atom stereocenters. The number of aromatic nitrogens is 2. The van der Waals surface area contributed by atoms with Gasteiger partial charge < -0.3 is 14.9 Å². The van der Waals surface area contributed by atoms with E-state index in [1.54, 1.807) is 0 Å². The first-order chi connectivity index (χ1) is 19.0. The summed E-state index contributed by atoms with van der Waals surface area (Å²) in [5, 5.41) is 0. The topological polar surface area (TPSA) is 77.4 Å². The van der Waals surface area contributed by atoms with Gasteiger partial charge in [0.25, 0.3) is 6.01 Å². The SMILES string of the molecule is CCc1cccc(CC)c1-c1cc(Oc2ccc3nc(N)oc3c2)c(CN2CCc3ccccc3C2)c(C)n1. The fourth-order valence-electron chi connectivity index (χ4n) is 5.68. The highest BCUT2D eigenvalue weighted by Crippen LogP contribution is 2.37. The number of benzene rings is 3. The third kappa shape index (κ3) is 5.00. The van der Waals surface area contributed by atoms with Gasteiger partial charge in [0.2, 0.25) is 0 Å². The number of nitrogens with zero attached hydrogens (tertiary/aromatic N) is 3. The Morgan fingerprint density at radius 3 is 2.46 bits per heavy atom. The van der Waals surface area contributed by atoms with Gasteiger partial charge in [0.05, 0.1) is 5.69 Å². The third-order valence-corrected chi connectivity index (χ3v) is 7.74. The molecule has 2 aromatic heterocycles. The van der Waals surface area contributed by atoms with Crippen LogP contribution in [-0.4, -0.2) is 21.4 Å². The average molecular weight is 519 g/mol. The van der Waals surface area contributed by atoms with Crippen LogP contribution in [0.25, 0.3) is 22.4 Å². The minimum atomic E-state index is 0.151. The van der Waals surface area contributed by atoms with Gasteiger partial charge in [0, 0.05) is 48.6 Å². The largest absolute Gasteiger partial charge is 0.457 e. The summed E-state index contributed by atoms with van der Waals surface area (Å²) in [7, 11) is 0. The molecule has 0 amide bonds. The van der Waals surface area contributed by atoms with E-state index in [1.807, 2.05) is 18.2 Å². The van der Waals surface area contributed by atoms with Crippen LogP contribution in [0.2, 0.25) is 0 Å². The Morgan fingerprint density at radius 1 is 0.923 bits per heavy atom. The van der Waals surface area contributed by atoms with E-state index >= 15 is 0 Å². The quantitative estimate of drug-likeness (QED) is 0.244. The molecule has 6 rings (SSSR count). The molecule has 6 heteroatoms. The number of fused-ring (bicyclic) bond motifs is 2. The molecule has 5 aromatic rings. The molecule has 0 atom stereocenters. The van der Waals surface area contributed by atoms with E-state index in [0.717, 1.165) is 61.6 Å². The molecule has 0 radical (unpaired) electrons. The van der Waals surface area contributed by atoms with Gasteiger partial charge in [-0.1, -0.05) is 56.3 Å². The number of aryl methyl sites for hydroxylation is 3. The minimum absolute atomic E-state index is 0.151. The van der Waals surface area contributed by atoms with Crippen LogP contribution in [0.4, 0.5) is 6.01 Å². The lowest BCUT2D eigenvalue weighted by Gasteiger charge is -2.30. The number of anilines is 1. The lowest BCUT2D eigenvalue weighted by atomic mass is 9.94. The summed E-state index contributed by atoms with van der Waals surface area (Å²) in [5.74, 6) is 1.50. The highest BCUT2D eigenvalue weighted by atomic mass is 16.5. The highest BCUT2D eigenvalue weighted by molar-refractivity contribution is 5.76. The number of hydrogen-bond donors (Lipinski definition) is 1. The molecule has 6 nitrogen and oxygen atoms in total. The second-order valence-electron chi connectivity index (χ2n) is 10.2. The van der Waals surface area contributed by atoms with E-state index < -0.39 is 0 Å². The molecule has 3 heterocycles. The standard InChI is InChI=1S/C33H34N4O2/c1-4-22-11-8-12-23(5-2)32(22)29-18-30(38-26-13-14-28-31(17-26)39-33(34)36-28)27(21(3)35-29)20-37-16-15-24-9-6-7-10-25(24)19-37/h6-14,17-18H,4-5,15-16,19-20H2,1-3H3,(H2,34,36). The van der Waals surface area contributed by atoms with Gasteiger partial charge in [-0.05, 0) is 60.6 Å². The summed E-state index contributed by atoms with van der Waals surface area (Å²) in [6.07, 6.45) is 2.93. The van der Waals surface area contributed by atoms with E-state index in [2.05, 4.69) is 79.2 Å². The third-order valence-electron chi connectivity index (χ3n) is 7.74. The smallest absolute Gasteiger partial charge is 0.292 e. The van der Waals surface area contributed by atoms with Crippen molar-refractivity contribution in [1.82, 2.24) is 14.9 Å². The first kappa shape index (κ1) is 25.1. The maximum Gasteiger partial charge on any atom is 0.292 e. The monoisotopic (exact) mass is 518 g/mol. The molecule has 0 spiro atoms. The van der Waals surface area contributed by atoms with Crippen molar-refractivity contribution in [2.24, 2.45) is 0 Å². The maximum atomic E-state index is 6.63. The van der Waals surface area contributed by atoms with Crippen molar-refractivity contribution in [3.63, 3.8) is 0 Å². The Balaban J connectivity index is 1.43. The number of pyridine rings is 1. The maximum absolute atomic E-state index is 6.63. The molecule has 198 valence electrons. The number of nitrogens with two attached hydrogens (primary N) is 1. The van der Waals surface area contributed by atoms with Gasteiger partial charge in [-0.25, -0.2) is 0 Å². The zero-order chi connectivity index (χ0) is 26.9. The van der Waals surface area contributed by atoms with E-state index in [1.165, 1.54) is 27.8 Å². The number of ether oxygens (including phenoxy) is 1. The molecule has 39 heavy (non-hydrogen) atoms. The molecule has 1 aliphatic rings.